The fraction of sp³-hybridized carbons (Fsp3) is 0.429. The minimum absolute atomic E-state index is 0.492. The lowest BCUT2D eigenvalue weighted by Crippen LogP contribution is -3.05. The lowest BCUT2D eigenvalue weighted by molar-refractivity contribution is -0.858. The Morgan fingerprint density at radius 3 is 2.55 bits per heavy atom. The summed E-state index contributed by atoms with van der Waals surface area (Å²) < 4.78 is 0. The van der Waals surface area contributed by atoms with E-state index in [0.29, 0.717) is 17.3 Å². The Morgan fingerprint density at radius 2 is 1.95 bits per heavy atom. The monoisotopic (exact) mass is 298 g/mol. The highest BCUT2D eigenvalue weighted by atomic mass is 35.5. The van der Waals surface area contributed by atoms with Crippen molar-refractivity contribution in [2.45, 2.75) is 13.3 Å². The Morgan fingerprint density at radius 1 is 1.25 bits per heavy atom. The number of carbonyl (C=O) groups is 2. The van der Waals surface area contributed by atoms with Crippen LogP contribution in [0.3, 0.4) is 0 Å². The first-order valence-electron chi connectivity index (χ1n) is 6.54. The third kappa shape index (κ3) is 5.59. The normalized spacial score (nSPS) is 10.4. The van der Waals surface area contributed by atoms with Gasteiger partial charge < -0.3 is 15.5 Å². The number of aryl methyl sites for hydroxylation is 1. The molecule has 0 aromatic heterocycles. The molecule has 0 saturated heterocycles. The summed E-state index contributed by atoms with van der Waals surface area (Å²) in [6.45, 7) is 3.30. The fourth-order valence-corrected chi connectivity index (χ4v) is 1.76. The molecule has 1 rings (SSSR count). The van der Waals surface area contributed by atoms with Crippen LogP contribution in [0.5, 0.6) is 0 Å². The van der Waals surface area contributed by atoms with Crippen LogP contribution in [0.1, 0.15) is 12.0 Å². The van der Waals surface area contributed by atoms with Gasteiger partial charge in [0, 0.05) is 23.7 Å². The molecule has 3 N–H and O–H groups in total. The summed E-state index contributed by atoms with van der Waals surface area (Å²) in [6.07, 6.45) is 0.831. The van der Waals surface area contributed by atoms with Gasteiger partial charge in [-0.15, -0.1) is 0 Å². The number of halogens is 1. The van der Waals surface area contributed by atoms with Crippen LogP contribution in [0.4, 0.5) is 5.69 Å². The van der Waals surface area contributed by atoms with E-state index in [9.17, 15) is 9.59 Å². The standard InChI is InChI=1S/C14H20ClN3O2/c1-10-5-6-11(9-12(10)15)17-14(20)13(19)16-7-4-8-18(2)3/h5-6,9H,4,7-8H2,1-3H3,(H,16,19)(H,17,20)/p+1. The summed E-state index contributed by atoms with van der Waals surface area (Å²) in [5.74, 6) is -1.31. The SMILES string of the molecule is Cc1ccc(NC(=O)C(=O)NCCC[NH+](C)C)cc1Cl. The Bertz CT molecular complexity index is 489. The fourth-order valence-electron chi connectivity index (χ4n) is 1.58. The molecule has 1 aromatic rings. The van der Waals surface area contributed by atoms with Gasteiger partial charge in [-0.1, -0.05) is 17.7 Å². The predicted molar refractivity (Wildman–Crippen MR) is 80.1 cm³/mol. The van der Waals surface area contributed by atoms with Crippen LogP contribution >= 0.6 is 11.6 Å². The molecule has 20 heavy (non-hydrogen) atoms. The third-order valence-electron chi connectivity index (χ3n) is 2.78. The maximum absolute atomic E-state index is 11.7. The van der Waals surface area contributed by atoms with Crippen LogP contribution in [-0.2, 0) is 9.59 Å². The van der Waals surface area contributed by atoms with Gasteiger partial charge in [-0.05, 0) is 24.6 Å². The van der Waals surface area contributed by atoms with Gasteiger partial charge in [-0.2, -0.15) is 0 Å². The quantitative estimate of drug-likeness (QED) is 0.539. The molecule has 0 radical (unpaired) electrons. The van der Waals surface area contributed by atoms with Crippen molar-refractivity contribution in [2.75, 3.05) is 32.5 Å². The Hall–Kier alpha value is -1.59. The maximum Gasteiger partial charge on any atom is 0.313 e. The van der Waals surface area contributed by atoms with E-state index >= 15 is 0 Å². The van der Waals surface area contributed by atoms with E-state index in [4.69, 9.17) is 11.6 Å². The van der Waals surface area contributed by atoms with Crippen LogP contribution in [0, 0.1) is 6.92 Å². The molecule has 0 saturated carbocycles. The summed E-state index contributed by atoms with van der Waals surface area (Å²) in [6, 6.07) is 5.12. The molecule has 0 fully saturated rings. The number of benzene rings is 1. The molecule has 0 bridgehead atoms. The Labute approximate surface area is 124 Å². The highest BCUT2D eigenvalue weighted by Gasteiger charge is 2.13. The van der Waals surface area contributed by atoms with Crippen LogP contribution in [-0.4, -0.2) is 39.0 Å². The van der Waals surface area contributed by atoms with E-state index < -0.39 is 11.8 Å². The molecule has 5 nitrogen and oxygen atoms in total. The smallest absolute Gasteiger partial charge is 0.313 e. The summed E-state index contributed by atoms with van der Waals surface area (Å²) in [5.41, 5.74) is 1.43. The highest BCUT2D eigenvalue weighted by Crippen LogP contribution is 2.19. The van der Waals surface area contributed by atoms with Crippen molar-refractivity contribution >= 4 is 29.1 Å². The molecule has 0 aliphatic carbocycles. The van der Waals surface area contributed by atoms with Gasteiger partial charge in [-0.25, -0.2) is 0 Å². The molecular weight excluding hydrogens is 278 g/mol. The van der Waals surface area contributed by atoms with Gasteiger partial charge in [0.05, 0.1) is 20.6 Å². The molecule has 0 aliphatic rings. The van der Waals surface area contributed by atoms with Gasteiger partial charge in [0.1, 0.15) is 0 Å². The van der Waals surface area contributed by atoms with Crippen molar-refractivity contribution in [1.82, 2.24) is 5.32 Å². The van der Waals surface area contributed by atoms with E-state index in [2.05, 4.69) is 10.6 Å². The second-order valence-electron chi connectivity index (χ2n) is 4.98. The van der Waals surface area contributed by atoms with Gasteiger partial charge in [0.2, 0.25) is 0 Å². The maximum atomic E-state index is 11.7. The molecule has 0 aliphatic heterocycles. The van der Waals surface area contributed by atoms with E-state index in [1.807, 2.05) is 21.0 Å². The van der Waals surface area contributed by atoms with Gasteiger partial charge in [0.15, 0.2) is 0 Å². The molecule has 0 spiro atoms. The summed E-state index contributed by atoms with van der Waals surface area (Å²) in [5, 5.41) is 5.66. The summed E-state index contributed by atoms with van der Waals surface area (Å²) in [7, 11) is 4.07. The topological polar surface area (TPSA) is 62.6 Å². The lowest BCUT2D eigenvalue weighted by atomic mass is 10.2. The zero-order chi connectivity index (χ0) is 15.1. The lowest BCUT2D eigenvalue weighted by Gasteiger charge is -2.09. The molecule has 1 aromatic carbocycles. The van der Waals surface area contributed by atoms with E-state index in [1.54, 1.807) is 18.2 Å². The largest absolute Gasteiger partial charge is 0.348 e. The van der Waals surface area contributed by atoms with Crippen LogP contribution in [0.15, 0.2) is 18.2 Å². The molecule has 6 heteroatoms. The number of hydrogen-bond donors (Lipinski definition) is 3. The Balaban J connectivity index is 2.41. The molecular formula is C14H21ClN3O2+. The average molecular weight is 299 g/mol. The summed E-state index contributed by atoms with van der Waals surface area (Å²) >= 11 is 5.95. The number of carbonyl (C=O) groups excluding carboxylic acids is 2. The summed E-state index contributed by atoms with van der Waals surface area (Å²) in [4.78, 5) is 24.5. The van der Waals surface area contributed by atoms with E-state index in [0.717, 1.165) is 18.5 Å². The van der Waals surface area contributed by atoms with Gasteiger partial charge in [-0.3, -0.25) is 9.59 Å². The number of amides is 2. The average Bonchev–Trinajstić information content (AvgIpc) is 2.38. The van der Waals surface area contributed by atoms with E-state index in [-0.39, 0.29) is 0 Å². The zero-order valence-corrected chi connectivity index (χ0v) is 12.8. The number of anilines is 1. The van der Waals surface area contributed by atoms with Crippen LogP contribution < -0.4 is 15.5 Å². The minimum Gasteiger partial charge on any atom is -0.348 e. The molecule has 110 valence electrons. The molecule has 2 amide bonds. The third-order valence-corrected chi connectivity index (χ3v) is 3.18. The predicted octanol–water partition coefficient (Wildman–Crippen LogP) is 0.238. The first-order valence-corrected chi connectivity index (χ1v) is 6.92. The van der Waals surface area contributed by atoms with Crippen molar-refractivity contribution in [3.63, 3.8) is 0 Å². The zero-order valence-electron chi connectivity index (χ0n) is 12.0. The first kappa shape index (κ1) is 16.5. The molecule has 0 heterocycles. The van der Waals surface area contributed by atoms with E-state index in [1.165, 1.54) is 4.90 Å². The molecule has 0 atom stereocenters. The Kier molecular flexibility index (Phi) is 6.48. The van der Waals surface area contributed by atoms with Crippen molar-refractivity contribution in [3.05, 3.63) is 28.8 Å². The van der Waals surface area contributed by atoms with Crippen LogP contribution in [0.25, 0.3) is 0 Å². The van der Waals surface area contributed by atoms with Crippen LogP contribution in [0.2, 0.25) is 5.02 Å². The van der Waals surface area contributed by atoms with Crippen molar-refractivity contribution in [3.8, 4) is 0 Å². The molecule has 0 unspecified atom stereocenters. The second kappa shape index (κ2) is 7.87. The number of quaternary nitrogens is 1. The minimum atomic E-state index is -0.679. The second-order valence-corrected chi connectivity index (χ2v) is 5.39. The number of nitrogens with one attached hydrogen (secondary N) is 3. The van der Waals surface area contributed by atoms with Gasteiger partial charge >= 0.3 is 11.8 Å². The van der Waals surface area contributed by atoms with Crippen molar-refractivity contribution in [2.24, 2.45) is 0 Å². The number of hydrogen-bond acceptors (Lipinski definition) is 2. The van der Waals surface area contributed by atoms with Crippen molar-refractivity contribution < 1.29 is 14.5 Å². The van der Waals surface area contributed by atoms with Gasteiger partial charge in [0.25, 0.3) is 0 Å². The number of rotatable bonds is 5. The van der Waals surface area contributed by atoms with Crippen molar-refractivity contribution in [1.29, 1.82) is 0 Å². The highest BCUT2D eigenvalue weighted by molar-refractivity contribution is 6.39. The first-order chi connectivity index (χ1) is 9.40.